The highest BCUT2D eigenvalue weighted by molar-refractivity contribution is 6.00. The van der Waals surface area contributed by atoms with Gasteiger partial charge in [-0.1, -0.05) is 12.1 Å². The van der Waals surface area contributed by atoms with Crippen molar-refractivity contribution in [3.8, 4) is 5.75 Å². The summed E-state index contributed by atoms with van der Waals surface area (Å²) in [6.07, 6.45) is -4.97. The first-order valence-electron chi connectivity index (χ1n) is 5.42. The molecule has 1 aliphatic heterocycles. The van der Waals surface area contributed by atoms with Crippen LogP contribution in [0.25, 0.3) is 0 Å². The van der Waals surface area contributed by atoms with Crippen molar-refractivity contribution >= 4 is 5.78 Å². The number of hydrogen-bond donors (Lipinski definition) is 0. The third-order valence-electron chi connectivity index (χ3n) is 2.60. The summed E-state index contributed by atoms with van der Waals surface area (Å²) < 4.78 is 51.3. The van der Waals surface area contributed by atoms with Crippen molar-refractivity contribution in [1.29, 1.82) is 0 Å². The Morgan fingerprint density at radius 2 is 2.05 bits per heavy atom. The summed E-state index contributed by atoms with van der Waals surface area (Å²) in [5.41, 5.74) is 0.297. The number of carbonyl (C=O) groups excluding carboxylic acids is 1. The number of rotatable bonds is 3. The van der Waals surface area contributed by atoms with E-state index in [0.717, 1.165) is 7.11 Å². The molecule has 2 rings (SSSR count). The average molecular weight is 276 g/mol. The van der Waals surface area contributed by atoms with Gasteiger partial charge in [0.05, 0.1) is 5.56 Å². The first-order valence-corrected chi connectivity index (χ1v) is 5.42. The molecule has 0 amide bonds. The maximum Gasteiger partial charge on any atom is 0.412 e. The number of para-hydroxylation sites is 1. The molecular weight excluding hydrogens is 265 g/mol. The van der Waals surface area contributed by atoms with Crippen LogP contribution in [0.5, 0.6) is 5.75 Å². The lowest BCUT2D eigenvalue weighted by atomic mass is 10.0. The van der Waals surface area contributed by atoms with Gasteiger partial charge in [0.15, 0.2) is 5.78 Å². The van der Waals surface area contributed by atoms with Crippen LogP contribution < -0.4 is 4.74 Å². The molecule has 1 unspecified atom stereocenters. The molecule has 1 atom stereocenters. The number of alkyl halides is 3. The van der Waals surface area contributed by atoms with Gasteiger partial charge in [-0.15, -0.1) is 0 Å². The van der Waals surface area contributed by atoms with Crippen molar-refractivity contribution in [3.63, 3.8) is 0 Å². The molecule has 0 bridgehead atoms. The molecule has 4 nitrogen and oxygen atoms in total. The second-order valence-corrected chi connectivity index (χ2v) is 3.99. The van der Waals surface area contributed by atoms with E-state index in [1.165, 1.54) is 12.1 Å². The van der Waals surface area contributed by atoms with Gasteiger partial charge in [-0.25, -0.2) is 0 Å². The molecule has 104 valence electrons. The van der Waals surface area contributed by atoms with Crippen LogP contribution >= 0.6 is 0 Å². The van der Waals surface area contributed by atoms with E-state index in [9.17, 15) is 18.0 Å². The van der Waals surface area contributed by atoms with Crippen LogP contribution in [0, 0.1) is 0 Å². The Kier molecular flexibility index (Phi) is 3.51. The number of carbonyl (C=O) groups is 1. The third kappa shape index (κ3) is 3.05. The van der Waals surface area contributed by atoms with Crippen molar-refractivity contribution in [1.82, 2.24) is 0 Å². The first-order chi connectivity index (χ1) is 8.85. The maximum atomic E-state index is 12.2. The number of methoxy groups -OCH3 is 1. The summed E-state index contributed by atoms with van der Waals surface area (Å²) in [6.45, 7) is -1.56. The van der Waals surface area contributed by atoms with Gasteiger partial charge in [0.25, 0.3) is 0 Å². The molecule has 1 aromatic rings. The van der Waals surface area contributed by atoms with E-state index in [4.69, 9.17) is 9.47 Å². The Bertz CT molecular complexity index is 486. The summed E-state index contributed by atoms with van der Waals surface area (Å²) in [6, 6.07) is 6.23. The highest BCUT2D eigenvalue weighted by atomic mass is 19.4. The van der Waals surface area contributed by atoms with Crippen LogP contribution in [0.3, 0.4) is 0 Å². The van der Waals surface area contributed by atoms with Crippen LogP contribution in [-0.4, -0.2) is 31.6 Å². The monoisotopic (exact) mass is 276 g/mol. The molecule has 0 aromatic heterocycles. The van der Waals surface area contributed by atoms with Gasteiger partial charge in [-0.05, 0) is 12.1 Å². The molecule has 0 aliphatic carbocycles. The van der Waals surface area contributed by atoms with E-state index in [-0.39, 0.29) is 5.75 Å². The largest absolute Gasteiger partial charge is 0.438 e. The highest BCUT2D eigenvalue weighted by Gasteiger charge is 2.45. The Hall–Kier alpha value is -1.60. The molecule has 7 heteroatoms. The standard InChI is InChI=1S/C12H11F3O4/c1-17-12(18-7-11(13,14)15)6-9(16)8-4-2-3-5-10(8)19-12/h2-5H,6-7H2,1H3. The normalized spacial score (nSPS) is 22.8. The number of ether oxygens (including phenoxy) is 3. The van der Waals surface area contributed by atoms with E-state index in [2.05, 4.69) is 4.74 Å². The van der Waals surface area contributed by atoms with Crippen LogP contribution in [0.15, 0.2) is 24.3 Å². The summed E-state index contributed by atoms with van der Waals surface area (Å²) in [5, 5.41) is 0. The van der Waals surface area contributed by atoms with Crippen molar-refractivity contribution in [3.05, 3.63) is 29.8 Å². The van der Waals surface area contributed by atoms with Crippen molar-refractivity contribution in [2.24, 2.45) is 0 Å². The summed E-state index contributed by atoms with van der Waals surface area (Å²) in [5.74, 6) is -2.28. The van der Waals surface area contributed by atoms with Crippen molar-refractivity contribution < 1.29 is 32.2 Å². The summed E-state index contributed by atoms with van der Waals surface area (Å²) >= 11 is 0. The molecule has 0 saturated carbocycles. The lowest BCUT2D eigenvalue weighted by Crippen LogP contribution is -2.48. The molecule has 0 spiro atoms. The molecule has 19 heavy (non-hydrogen) atoms. The minimum atomic E-state index is -4.53. The summed E-state index contributed by atoms with van der Waals surface area (Å²) in [7, 11) is 1.12. The van der Waals surface area contributed by atoms with E-state index in [1.54, 1.807) is 12.1 Å². The fraction of sp³-hybridized carbons (Fsp3) is 0.417. The Morgan fingerprint density at radius 3 is 2.68 bits per heavy atom. The minimum absolute atomic E-state index is 0.141. The molecule has 0 saturated heterocycles. The number of halogens is 3. The number of hydrogen-bond acceptors (Lipinski definition) is 4. The Morgan fingerprint density at radius 1 is 1.37 bits per heavy atom. The smallest absolute Gasteiger partial charge is 0.412 e. The molecule has 1 aliphatic rings. The lowest BCUT2D eigenvalue weighted by Gasteiger charge is -2.35. The second-order valence-electron chi connectivity index (χ2n) is 3.99. The van der Waals surface area contributed by atoms with Gasteiger partial charge < -0.3 is 14.2 Å². The van der Waals surface area contributed by atoms with Crippen LogP contribution in [0.4, 0.5) is 13.2 Å². The molecule has 1 heterocycles. The molecule has 0 radical (unpaired) electrons. The van der Waals surface area contributed by atoms with Crippen LogP contribution in [0.2, 0.25) is 0 Å². The van der Waals surface area contributed by atoms with Crippen molar-refractivity contribution in [2.75, 3.05) is 13.7 Å². The Labute approximate surface area is 107 Å². The van der Waals surface area contributed by atoms with Gasteiger partial charge in [0.1, 0.15) is 18.8 Å². The van der Waals surface area contributed by atoms with E-state index >= 15 is 0 Å². The zero-order chi connectivity index (χ0) is 14.1. The zero-order valence-electron chi connectivity index (χ0n) is 9.99. The van der Waals surface area contributed by atoms with Gasteiger partial charge >= 0.3 is 12.1 Å². The van der Waals surface area contributed by atoms with E-state index < -0.39 is 31.0 Å². The minimum Gasteiger partial charge on any atom is -0.438 e. The Balaban J connectivity index is 2.23. The van der Waals surface area contributed by atoms with E-state index in [1.807, 2.05) is 0 Å². The van der Waals surface area contributed by atoms with Crippen LogP contribution in [-0.2, 0) is 9.47 Å². The van der Waals surface area contributed by atoms with Gasteiger partial charge in [-0.3, -0.25) is 4.79 Å². The zero-order valence-corrected chi connectivity index (χ0v) is 9.99. The van der Waals surface area contributed by atoms with Gasteiger partial charge in [0, 0.05) is 7.11 Å². The van der Waals surface area contributed by atoms with Crippen LogP contribution in [0.1, 0.15) is 16.8 Å². The molecule has 1 aromatic carbocycles. The topological polar surface area (TPSA) is 44.8 Å². The first kappa shape index (κ1) is 13.8. The predicted octanol–water partition coefficient (Wildman–Crippen LogP) is 2.53. The quantitative estimate of drug-likeness (QED) is 0.796. The second kappa shape index (κ2) is 4.82. The number of ketones is 1. The maximum absolute atomic E-state index is 12.2. The number of Topliss-reactive ketones (excluding diaryl/α,β-unsaturated/α-hetero) is 1. The number of benzene rings is 1. The molecular formula is C12H11F3O4. The SMILES string of the molecule is COC1(OCC(F)(F)F)CC(=O)c2ccccc2O1. The molecule has 0 N–H and O–H groups in total. The summed E-state index contributed by atoms with van der Waals surface area (Å²) in [4.78, 5) is 11.9. The molecule has 0 fully saturated rings. The van der Waals surface area contributed by atoms with Crippen molar-refractivity contribution in [2.45, 2.75) is 18.6 Å². The average Bonchev–Trinajstić information content (AvgIpc) is 2.36. The van der Waals surface area contributed by atoms with E-state index in [0.29, 0.717) is 5.56 Å². The lowest BCUT2D eigenvalue weighted by molar-refractivity contribution is -0.356. The fourth-order valence-corrected chi connectivity index (χ4v) is 1.73. The fourth-order valence-electron chi connectivity index (χ4n) is 1.73. The predicted molar refractivity (Wildman–Crippen MR) is 57.8 cm³/mol. The van der Waals surface area contributed by atoms with Gasteiger partial charge in [0.2, 0.25) is 0 Å². The third-order valence-corrected chi connectivity index (χ3v) is 2.60. The number of fused-ring (bicyclic) bond motifs is 1. The van der Waals surface area contributed by atoms with Gasteiger partial charge in [-0.2, -0.15) is 13.2 Å². The highest BCUT2D eigenvalue weighted by Crippen LogP contribution is 2.35.